The average molecular weight is 170 g/mol. The van der Waals surface area contributed by atoms with E-state index in [1.807, 2.05) is 0 Å². The number of carbonyl (C=O) groups is 1. The van der Waals surface area contributed by atoms with Gasteiger partial charge in [-0.25, -0.2) is 8.42 Å². The SMILES string of the molecule is O=CS(=O)(=O)c1ccccc1. The van der Waals surface area contributed by atoms with Gasteiger partial charge in [-0.05, 0) is 12.1 Å². The normalized spacial score (nSPS) is 10.9. The molecule has 11 heavy (non-hydrogen) atoms. The molecule has 0 heterocycles. The molecular weight excluding hydrogens is 164 g/mol. The predicted octanol–water partition coefficient (Wildman–Crippen LogP) is 0.651. The van der Waals surface area contributed by atoms with Crippen molar-refractivity contribution in [1.29, 1.82) is 0 Å². The molecule has 1 aromatic rings. The number of carbonyl (C=O) groups excluding carboxylic acids is 1. The van der Waals surface area contributed by atoms with Crippen LogP contribution in [0.4, 0.5) is 0 Å². The number of benzene rings is 1. The molecule has 1 aromatic carbocycles. The van der Waals surface area contributed by atoms with E-state index in [9.17, 15) is 13.2 Å². The summed E-state index contributed by atoms with van der Waals surface area (Å²) in [6.45, 7) is 0. The van der Waals surface area contributed by atoms with Gasteiger partial charge in [0.1, 0.15) is 0 Å². The molecule has 0 saturated heterocycles. The van der Waals surface area contributed by atoms with Crippen molar-refractivity contribution in [2.45, 2.75) is 4.90 Å². The van der Waals surface area contributed by atoms with Gasteiger partial charge in [-0.1, -0.05) is 18.2 Å². The Morgan fingerprint density at radius 2 is 1.64 bits per heavy atom. The van der Waals surface area contributed by atoms with E-state index in [0.29, 0.717) is 0 Å². The van der Waals surface area contributed by atoms with E-state index in [4.69, 9.17) is 0 Å². The lowest BCUT2D eigenvalue weighted by atomic mass is 10.4. The Morgan fingerprint density at radius 1 is 1.09 bits per heavy atom. The summed E-state index contributed by atoms with van der Waals surface area (Å²) in [5.74, 6) is 0. The van der Waals surface area contributed by atoms with Crippen LogP contribution < -0.4 is 0 Å². The van der Waals surface area contributed by atoms with Crippen molar-refractivity contribution in [3.05, 3.63) is 30.3 Å². The third-order valence-corrected chi connectivity index (χ3v) is 2.38. The molecule has 0 aromatic heterocycles. The fourth-order valence-corrected chi connectivity index (χ4v) is 1.31. The van der Waals surface area contributed by atoms with Crippen LogP contribution >= 0.6 is 0 Å². The van der Waals surface area contributed by atoms with E-state index in [-0.39, 0.29) is 10.5 Å². The van der Waals surface area contributed by atoms with Gasteiger partial charge in [0.15, 0.2) is 0 Å². The first-order valence-electron chi connectivity index (χ1n) is 2.92. The smallest absolute Gasteiger partial charge is 0.238 e. The lowest BCUT2D eigenvalue weighted by Gasteiger charge is -1.92. The van der Waals surface area contributed by atoms with Gasteiger partial charge in [-0.2, -0.15) is 0 Å². The lowest BCUT2D eigenvalue weighted by Crippen LogP contribution is -2.00. The van der Waals surface area contributed by atoms with Gasteiger partial charge in [-0.15, -0.1) is 0 Å². The standard InChI is InChI=1S/C7H6O3S/c8-6-11(9,10)7-4-2-1-3-5-7/h1-6H. The summed E-state index contributed by atoms with van der Waals surface area (Å²) in [5.41, 5.74) is -0.0532. The van der Waals surface area contributed by atoms with Crippen LogP contribution in [0.25, 0.3) is 0 Å². The van der Waals surface area contributed by atoms with Crippen LogP contribution in [0.2, 0.25) is 0 Å². The molecule has 0 unspecified atom stereocenters. The van der Waals surface area contributed by atoms with E-state index in [1.165, 1.54) is 12.1 Å². The molecule has 0 amide bonds. The maximum Gasteiger partial charge on any atom is 0.238 e. The fraction of sp³-hybridized carbons (Fsp3) is 0. The van der Waals surface area contributed by atoms with Crippen LogP contribution in [-0.4, -0.2) is 14.0 Å². The Hall–Kier alpha value is -1.16. The topological polar surface area (TPSA) is 51.2 Å². The zero-order valence-corrected chi connectivity index (χ0v) is 6.41. The first-order valence-corrected chi connectivity index (χ1v) is 4.47. The third-order valence-electron chi connectivity index (χ3n) is 1.20. The zero-order chi connectivity index (χ0) is 8.32. The molecule has 1 rings (SSSR count). The molecule has 0 N–H and O–H groups in total. The first-order chi connectivity index (χ1) is 5.17. The summed E-state index contributed by atoms with van der Waals surface area (Å²) in [7, 11) is -3.68. The maximum atomic E-state index is 10.8. The van der Waals surface area contributed by atoms with Gasteiger partial charge >= 0.3 is 0 Å². The lowest BCUT2D eigenvalue weighted by molar-refractivity contribution is 0.556. The van der Waals surface area contributed by atoms with Crippen LogP contribution in [0.15, 0.2) is 35.2 Å². The van der Waals surface area contributed by atoms with Crippen LogP contribution in [0.3, 0.4) is 0 Å². The molecule has 3 nitrogen and oxygen atoms in total. The first kappa shape index (κ1) is 7.94. The highest BCUT2D eigenvalue weighted by atomic mass is 32.2. The minimum absolute atomic E-state index is 0.0370. The highest BCUT2D eigenvalue weighted by Crippen LogP contribution is 2.06. The van der Waals surface area contributed by atoms with Crippen LogP contribution in [0, 0.1) is 0 Å². The zero-order valence-electron chi connectivity index (χ0n) is 5.60. The molecule has 0 radical (unpaired) electrons. The molecule has 0 aliphatic rings. The second kappa shape index (κ2) is 2.84. The largest absolute Gasteiger partial charge is 0.285 e. The van der Waals surface area contributed by atoms with E-state index in [2.05, 4.69) is 0 Å². The summed E-state index contributed by atoms with van der Waals surface area (Å²) in [5, 5.41) is 0. The van der Waals surface area contributed by atoms with Crippen molar-refractivity contribution in [3.8, 4) is 0 Å². The van der Waals surface area contributed by atoms with Crippen molar-refractivity contribution in [2.24, 2.45) is 0 Å². The molecule has 0 spiro atoms. The molecule has 58 valence electrons. The van der Waals surface area contributed by atoms with Crippen molar-refractivity contribution < 1.29 is 13.2 Å². The summed E-state index contributed by atoms with van der Waals surface area (Å²) in [6, 6.07) is 7.57. The summed E-state index contributed by atoms with van der Waals surface area (Å²) in [4.78, 5) is 10.1. The Balaban J connectivity index is 3.24. The molecule has 0 saturated carbocycles. The van der Waals surface area contributed by atoms with Crippen molar-refractivity contribution in [3.63, 3.8) is 0 Å². The van der Waals surface area contributed by atoms with Gasteiger partial charge < -0.3 is 0 Å². The van der Waals surface area contributed by atoms with Crippen molar-refractivity contribution in [1.82, 2.24) is 0 Å². The Morgan fingerprint density at radius 3 is 2.09 bits per heavy atom. The molecule has 0 aliphatic heterocycles. The second-order valence-corrected chi connectivity index (χ2v) is 3.71. The fourth-order valence-electron chi connectivity index (χ4n) is 0.666. The molecule has 4 heteroatoms. The van der Waals surface area contributed by atoms with E-state index in [1.54, 1.807) is 18.2 Å². The van der Waals surface area contributed by atoms with E-state index in [0.717, 1.165) is 0 Å². The maximum absolute atomic E-state index is 10.8. The van der Waals surface area contributed by atoms with Crippen LogP contribution in [-0.2, 0) is 14.6 Å². The number of sulfone groups is 1. The minimum atomic E-state index is -3.68. The van der Waals surface area contributed by atoms with Crippen LogP contribution in [0.5, 0.6) is 0 Å². The van der Waals surface area contributed by atoms with Crippen LogP contribution in [0.1, 0.15) is 0 Å². The molecule has 0 bridgehead atoms. The monoisotopic (exact) mass is 170 g/mol. The number of rotatable bonds is 2. The average Bonchev–Trinajstić information content (AvgIpc) is 2.06. The quantitative estimate of drug-likeness (QED) is 0.612. The van der Waals surface area contributed by atoms with Gasteiger partial charge in [0.2, 0.25) is 15.5 Å². The Kier molecular flexibility index (Phi) is 2.05. The van der Waals surface area contributed by atoms with Crippen molar-refractivity contribution in [2.75, 3.05) is 0 Å². The number of hydrogen-bond donors (Lipinski definition) is 0. The van der Waals surface area contributed by atoms with Gasteiger partial charge in [0.25, 0.3) is 0 Å². The highest BCUT2D eigenvalue weighted by Gasteiger charge is 2.10. The predicted molar refractivity (Wildman–Crippen MR) is 40.4 cm³/mol. The summed E-state index contributed by atoms with van der Waals surface area (Å²) in [6.07, 6.45) is 0. The Labute approximate surface area is 64.6 Å². The molecule has 0 fully saturated rings. The second-order valence-electron chi connectivity index (χ2n) is 1.95. The highest BCUT2D eigenvalue weighted by molar-refractivity contribution is 8.04. The summed E-state index contributed by atoms with van der Waals surface area (Å²) >= 11 is 0. The van der Waals surface area contributed by atoms with E-state index < -0.39 is 9.84 Å². The third kappa shape index (κ3) is 1.65. The minimum Gasteiger partial charge on any atom is -0.285 e. The molecule has 0 atom stereocenters. The molecular formula is C7H6O3S. The van der Waals surface area contributed by atoms with Gasteiger partial charge in [0.05, 0.1) is 4.90 Å². The Bertz CT molecular complexity index is 339. The number of hydrogen-bond acceptors (Lipinski definition) is 3. The van der Waals surface area contributed by atoms with Gasteiger partial charge in [-0.3, -0.25) is 4.79 Å². The van der Waals surface area contributed by atoms with Gasteiger partial charge in [0, 0.05) is 0 Å². The molecule has 0 aliphatic carbocycles. The van der Waals surface area contributed by atoms with E-state index >= 15 is 0 Å². The van der Waals surface area contributed by atoms with Crippen molar-refractivity contribution >= 4 is 15.5 Å². The summed E-state index contributed by atoms with van der Waals surface area (Å²) < 4.78 is 21.7.